The SMILES string of the molecule is CCC([O])C(=O)c1nc2cnccc2[nH]1. The lowest BCUT2D eigenvalue weighted by atomic mass is 10.2. The van der Waals surface area contributed by atoms with Gasteiger partial charge >= 0.3 is 0 Å². The lowest BCUT2D eigenvalue weighted by molar-refractivity contribution is 0.0526. The van der Waals surface area contributed by atoms with Gasteiger partial charge in [0.25, 0.3) is 0 Å². The number of Topliss-reactive ketones (excluding diaryl/α,β-unsaturated/α-hetero) is 1. The molecular formula is C10H10N3O2. The smallest absolute Gasteiger partial charge is 0.230 e. The van der Waals surface area contributed by atoms with Crippen LogP contribution in [0.4, 0.5) is 0 Å². The van der Waals surface area contributed by atoms with Gasteiger partial charge < -0.3 is 4.98 Å². The summed E-state index contributed by atoms with van der Waals surface area (Å²) in [4.78, 5) is 22.2. The number of pyridine rings is 1. The van der Waals surface area contributed by atoms with E-state index >= 15 is 0 Å². The van der Waals surface area contributed by atoms with Crippen molar-refractivity contribution in [2.75, 3.05) is 0 Å². The Kier molecular flexibility index (Phi) is 2.47. The zero-order valence-corrected chi connectivity index (χ0v) is 8.23. The number of nitrogens with zero attached hydrogens (tertiary/aromatic N) is 2. The van der Waals surface area contributed by atoms with E-state index in [0.29, 0.717) is 5.52 Å². The summed E-state index contributed by atoms with van der Waals surface area (Å²) < 4.78 is 0. The largest absolute Gasteiger partial charge is 0.335 e. The van der Waals surface area contributed by atoms with E-state index in [9.17, 15) is 9.90 Å². The first kappa shape index (κ1) is 9.79. The Labute approximate surface area is 86.2 Å². The molecular weight excluding hydrogens is 194 g/mol. The van der Waals surface area contributed by atoms with Crippen LogP contribution < -0.4 is 0 Å². The molecule has 1 N–H and O–H groups in total. The van der Waals surface area contributed by atoms with Crippen molar-refractivity contribution < 1.29 is 9.90 Å². The first-order valence-corrected chi connectivity index (χ1v) is 4.72. The van der Waals surface area contributed by atoms with Crippen LogP contribution in [0.1, 0.15) is 24.0 Å². The average molecular weight is 204 g/mol. The molecule has 15 heavy (non-hydrogen) atoms. The van der Waals surface area contributed by atoms with Gasteiger partial charge in [-0.05, 0) is 12.5 Å². The molecule has 1 radical (unpaired) electrons. The van der Waals surface area contributed by atoms with Crippen LogP contribution in [0, 0.1) is 0 Å². The van der Waals surface area contributed by atoms with E-state index in [4.69, 9.17) is 0 Å². The third kappa shape index (κ3) is 1.73. The predicted octanol–water partition coefficient (Wildman–Crippen LogP) is 1.35. The number of hydrogen-bond acceptors (Lipinski definition) is 3. The van der Waals surface area contributed by atoms with Crippen LogP contribution in [0.15, 0.2) is 18.5 Å². The maximum atomic E-state index is 11.5. The zero-order chi connectivity index (χ0) is 10.8. The van der Waals surface area contributed by atoms with E-state index in [1.54, 1.807) is 25.4 Å². The van der Waals surface area contributed by atoms with Crippen molar-refractivity contribution in [2.24, 2.45) is 0 Å². The van der Waals surface area contributed by atoms with Gasteiger partial charge in [-0.2, -0.15) is 0 Å². The molecule has 0 aliphatic rings. The highest BCUT2D eigenvalue weighted by Crippen LogP contribution is 2.11. The van der Waals surface area contributed by atoms with Gasteiger partial charge in [0, 0.05) is 6.20 Å². The fraction of sp³-hybridized carbons (Fsp3) is 0.300. The van der Waals surface area contributed by atoms with E-state index in [1.165, 1.54) is 0 Å². The monoisotopic (exact) mass is 204 g/mol. The van der Waals surface area contributed by atoms with Crippen LogP contribution in [0.3, 0.4) is 0 Å². The number of carbonyl (C=O) groups excluding carboxylic acids is 1. The van der Waals surface area contributed by atoms with Crippen molar-refractivity contribution in [3.63, 3.8) is 0 Å². The molecule has 2 aromatic rings. The Balaban J connectivity index is 2.41. The quantitative estimate of drug-likeness (QED) is 0.766. The molecule has 0 aromatic carbocycles. The first-order chi connectivity index (χ1) is 7.22. The first-order valence-electron chi connectivity index (χ1n) is 4.72. The average Bonchev–Trinajstić information content (AvgIpc) is 2.70. The molecule has 2 heterocycles. The van der Waals surface area contributed by atoms with E-state index in [0.717, 1.165) is 5.52 Å². The number of H-pyrrole nitrogens is 1. The molecule has 0 aliphatic carbocycles. The Bertz CT molecular complexity index is 459. The maximum Gasteiger partial charge on any atom is 0.230 e. The van der Waals surface area contributed by atoms with Gasteiger partial charge in [-0.1, -0.05) is 6.92 Å². The highest BCUT2D eigenvalue weighted by atomic mass is 16.3. The minimum absolute atomic E-state index is 0.125. The summed E-state index contributed by atoms with van der Waals surface area (Å²) in [6, 6.07) is 1.71. The lowest BCUT2D eigenvalue weighted by Gasteiger charge is -1.99. The Morgan fingerprint density at radius 1 is 1.60 bits per heavy atom. The number of hydrogen-bond donors (Lipinski definition) is 1. The molecule has 1 unspecified atom stereocenters. The molecule has 0 bridgehead atoms. The molecule has 0 spiro atoms. The van der Waals surface area contributed by atoms with Crippen molar-refractivity contribution in [2.45, 2.75) is 19.4 Å². The molecule has 0 saturated carbocycles. The summed E-state index contributed by atoms with van der Waals surface area (Å²) in [6.45, 7) is 1.68. The summed E-state index contributed by atoms with van der Waals surface area (Å²) in [7, 11) is 0. The summed E-state index contributed by atoms with van der Waals surface area (Å²) in [5.41, 5.74) is 1.32. The number of imidazole rings is 1. The number of fused-ring (bicyclic) bond motifs is 1. The van der Waals surface area contributed by atoms with Crippen molar-refractivity contribution >= 4 is 16.8 Å². The standard InChI is InChI=1S/C10H10N3O2/c1-2-8(14)9(15)10-12-6-3-4-11-5-7(6)13-10/h3-5,8H,2H2,1H3,(H,12,13). The molecule has 0 saturated heterocycles. The second-order valence-electron chi connectivity index (χ2n) is 3.24. The molecule has 5 nitrogen and oxygen atoms in total. The Morgan fingerprint density at radius 2 is 2.40 bits per heavy atom. The number of aromatic nitrogens is 3. The van der Waals surface area contributed by atoms with E-state index in [2.05, 4.69) is 15.0 Å². The van der Waals surface area contributed by atoms with Crippen LogP contribution in [-0.2, 0) is 5.11 Å². The normalized spacial score (nSPS) is 12.9. The molecule has 1 atom stereocenters. The third-order valence-electron chi connectivity index (χ3n) is 2.18. The van der Waals surface area contributed by atoms with Crippen LogP contribution in [0.25, 0.3) is 11.0 Å². The van der Waals surface area contributed by atoms with Gasteiger partial charge in [0.15, 0.2) is 11.9 Å². The van der Waals surface area contributed by atoms with Crippen molar-refractivity contribution in [3.05, 3.63) is 24.3 Å². The van der Waals surface area contributed by atoms with Gasteiger partial charge in [0.2, 0.25) is 5.78 Å². The second-order valence-corrected chi connectivity index (χ2v) is 3.24. The highest BCUT2D eigenvalue weighted by molar-refractivity contribution is 5.98. The van der Waals surface area contributed by atoms with Crippen LogP contribution >= 0.6 is 0 Å². The fourth-order valence-electron chi connectivity index (χ4n) is 1.31. The molecule has 77 valence electrons. The van der Waals surface area contributed by atoms with E-state index in [1.807, 2.05) is 0 Å². The summed E-state index contributed by atoms with van der Waals surface area (Å²) in [5, 5.41) is 11.2. The summed E-state index contributed by atoms with van der Waals surface area (Å²) in [6.07, 6.45) is 2.18. The van der Waals surface area contributed by atoms with E-state index < -0.39 is 11.9 Å². The Hall–Kier alpha value is -1.75. The van der Waals surface area contributed by atoms with Gasteiger partial charge in [-0.25, -0.2) is 10.1 Å². The minimum Gasteiger partial charge on any atom is -0.335 e. The topological polar surface area (TPSA) is 78.5 Å². The van der Waals surface area contributed by atoms with Gasteiger partial charge in [-0.3, -0.25) is 9.78 Å². The number of carbonyl (C=O) groups is 1. The van der Waals surface area contributed by atoms with Crippen molar-refractivity contribution in [1.82, 2.24) is 15.0 Å². The molecule has 2 aromatic heterocycles. The molecule has 0 fully saturated rings. The van der Waals surface area contributed by atoms with Crippen LogP contribution in [0.2, 0.25) is 0 Å². The fourth-order valence-corrected chi connectivity index (χ4v) is 1.31. The van der Waals surface area contributed by atoms with Crippen molar-refractivity contribution in [3.8, 4) is 0 Å². The summed E-state index contributed by atoms with van der Waals surface area (Å²) >= 11 is 0. The molecule has 0 aliphatic heterocycles. The highest BCUT2D eigenvalue weighted by Gasteiger charge is 2.20. The molecule has 5 heteroatoms. The van der Waals surface area contributed by atoms with Gasteiger partial charge in [-0.15, -0.1) is 0 Å². The molecule has 0 amide bonds. The van der Waals surface area contributed by atoms with Gasteiger partial charge in [0.05, 0.1) is 11.7 Å². The molecule has 2 rings (SSSR count). The zero-order valence-electron chi connectivity index (χ0n) is 8.23. The van der Waals surface area contributed by atoms with E-state index in [-0.39, 0.29) is 12.2 Å². The number of ketones is 1. The summed E-state index contributed by atoms with van der Waals surface area (Å²) in [5.74, 6) is -0.367. The number of nitrogens with one attached hydrogen (secondary N) is 1. The number of aromatic amines is 1. The maximum absolute atomic E-state index is 11.5. The van der Waals surface area contributed by atoms with Gasteiger partial charge in [0.1, 0.15) is 5.52 Å². The third-order valence-corrected chi connectivity index (χ3v) is 2.18. The van der Waals surface area contributed by atoms with Crippen LogP contribution in [-0.4, -0.2) is 26.8 Å². The minimum atomic E-state index is -1.24. The van der Waals surface area contributed by atoms with Crippen LogP contribution in [0.5, 0.6) is 0 Å². The predicted molar refractivity (Wildman–Crippen MR) is 53.0 cm³/mol. The Morgan fingerprint density at radius 3 is 3.07 bits per heavy atom. The number of rotatable bonds is 3. The van der Waals surface area contributed by atoms with Crippen molar-refractivity contribution in [1.29, 1.82) is 0 Å². The second kappa shape index (κ2) is 3.78. The lowest BCUT2D eigenvalue weighted by Crippen LogP contribution is -2.19.